The van der Waals surface area contributed by atoms with Crippen LogP contribution in [0.3, 0.4) is 0 Å². The van der Waals surface area contributed by atoms with E-state index in [0.29, 0.717) is 42.0 Å². The van der Waals surface area contributed by atoms with E-state index < -0.39 is 6.10 Å². The van der Waals surface area contributed by atoms with Gasteiger partial charge in [-0.1, -0.05) is 13.0 Å². The Hall–Kier alpha value is -2.84. The van der Waals surface area contributed by atoms with Crippen molar-refractivity contribution < 1.29 is 14.6 Å². The predicted molar refractivity (Wildman–Crippen MR) is 90.9 cm³/mol. The minimum absolute atomic E-state index is 0.205. The average molecular weight is 324 g/mol. The summed E-state index contributed by atoms with van der Waals surface area (Å²) < 4.78 is 5.70. The van der Waals surface area contributed by atoms with Crippen molar-refractivity contribution >= 4 is 5.91 Å². The Labute approximate surface area is 141 Å². The molecular formula is C19H20N2O3. The number of benzene rings is 2. The Morgan fingerprint density at radius 3 is 2.67 bits per heavy atom. The molecule has 2 aromatic rings. The largest absolute Gasteiger partial charge is 0.457 e. The smallest absolute Gasteiger partial charge is 0.251 e. The van der Waals surface area contributed by atoms with Gasteiger partial charge in [0.05, 0.1) is 17.7 Å². The third kappa shape index (κ3) is 5.11. The van der Waals surface area contributed by atoms with Gasteiger partial charge in [-0.3, -0.25) is 4.79 Å². The number of aliphatic hydroxyl groups excluding tert-OH is 1. The van der Waals surface area contributed by atoms with E-state index in [2.05, 4.69) is 5.32 Å². The number of amides is 1. The van der Waals surface area contributed by atoms with Crippen LogP contribution in [0, 0.1) is 11.3 Å². The van der Waals surface area contributed by atoms with E-state index in [9.17, 15) is 9.90 Å². The van der Waals surface area contributed by atoms with Crippen molar-refractivity contribution in [1.29, 1.82) is 5.26 Å². The fraction of sp³-hybridized carbons (Fsp3) is 0.263. The lowest BCUT2D eigenvalue weighted by atomic mass is 10.2. The molecule has 1 amide bonds. The second-order valence-electron chi connectivity index (χ2n) is 5.37. The number of ether oxygens (including phenoxy) is 1. The summed E-state index contributed by atoms with van der Waals surface area (Å²) in [6, 6.07) is 15.7. The number of rotatable bonds is 7. The molecule has 0 heterocycles. The molecule has 0 bridgehead atoms. The fourth-order valence-electron chi connectivity index (χ4n) is 2.09. The van der Waals surface area contributed by atoms with E-state index >= 15 is 0 Å². The molecule has 0 spiro atoms. The molecular weight excluding hydrogens is 304 g/mol. The second kappa shape index (κ2) is 8.70. The highest BCUT2D eigenvalue weighted by molar-refractivity contribution is 5.94. The van der Waals surface area contributed by atoms with Crippen molar-refractivity contribution in [3.8, 4) is 17.6 Å². The van der Waals surface area contributed by atoms with Gasteiger partial charge in [-0.15, -0.1) is 0 Å². The van der Waals surface area contributed by atoms with E-state index in [1.54, 1.807) is 48.5 Å². The van der Waals surface area contributed by atoms with Crippen molar-refractivity contribution in [3.05, 3.63) is 59.7 Å². The molecule has 0 aliphatic heterocycles. The van der Waals surface area contributed by atoms with Crippen molar-refractivity contribution in [1.82, 2.24) is 5.32 Å². The van der Waals surface area contributed by atoms with E-state index in [-0.39, 0.29) is 5.91 Å². The van der Waals surface area contributed by atoms with E-state index in [0.717, 1.165) is 0 Å². The summed E-state index contributed by atoms with van der Waals surface area (Å²) >= 11 is 0. The minimum atomic E-state index is -0.392. The summed E-state index contributed by atoms with van der Waals surface area (Å²) in [7, 11) is 0. The number of carbonyl (C=O) groups is 1. The Kier molecular flexibility index (Phi) is 6.35. The SMILES string of the molecule is CCC(O)CCNC(=O)c1cccc(Oc2ccc(C#N)cc2)c1. The van der Waals surface area contributed by atoms with Gasteiger partial charge in [0.25, 0.3) is 5.91 Å². The molecule has 0 aliphatic rings. The van der Waals surface area contributed by atoms with Crippen molar-refractivity contribution in [3.63, 3.8) is 0 Å². The Morgan fingerprint density at radius 2 is 2.00 bits per heavy atom. The number of carbonyl (C=O) groups excluding carboxylic acids is 1. The van der Waals surface area contributed by atoms with Gasteiger partial charge in [0.2, 0.25) is 0 Å². The van der Waals surface area contributed by atoms with Crippen LogP contribution in [0.25, 0.3) is 0 Å². The second-order valence-corrected chi connectivity index (χ2v) is 5.37. The van der Waals surface area contributed by atoms with Gasteiger partial charge in [0, 0.05) is 12.1 Å². The van der Waals surface area contributed by atoms with E-state index in [4.69, 9.17) is 10.00 Å². The maximum Gasteiger partial charge on any atom is 0.251 e. The van der Waals surface area contributed by atoms with Gasteiger partial charge in [0.15, 0.2) is 0 Å². The highest BCUT2D eigenvalue weighted by atomic mass is 16.5. The van der Waals surface area contributed by atoms with Gasteiger partial charge in [-0.25, -0.2) is 0 Å². The monoisotopic (exact) mass is 324 g/mol. The lowest BCUT2D eigenvalue weighted by Crippen LogP contribution is -2.26. The molecule has 1 unspecified atom stereocenters. The molecule has 2 aromatic carbocycles. The lowest BCUT2D eigenvalue weighted by Gasteiger charge is -2.10. The van der Waals surface area contributed by atoms with Gasteiger partial charge in [-0.2, -0.15) is 5.26 Å². The summed E-state index contributed by atoms with van der Waals surface area (Å²) in [6.07, 6.45) is 0.810. The maximum absolute atomic E-state index is 12.1. The third-order valence-electron chi connectivity index (χ3n) is 3.55. The van der Waals surface area contributed by atoms with Crippen LogP contribution in [-0.2, 0) is 0 Å². The van der Waals surface area contributed by atoms with Gasteiger partial charge in [0.1, 0.15) is 11.5 Å². The van der Waals surface area contributed by atoms with E-state index in [1.165, 1.54) is 0 Å². The summed E-state index contributed by atoms with van der Waals surface area (Å²) in [4.78, 5) is 12.1. The Balaban J connectivity index is 1.97. The molecule has 0 saturated heterocycles. The first-order chi connectivity index (χ1) is 11.6. The Morgan fingerprint density at radius 1 is 1.25 bits per heavy atom. The molecule has 5 heteroatoms. The third-order valence-corrected chi connectivity index (χ3v) is 3.55. The summed E-state index contributed by atoms with van der Waals surface area (Å²) in [6.45, 7) is 2.32. The number of hydrogen-bond acceptors (Lipinski definition) is 4. The molecule has 1 atom stereocenters. The first-order valence-corrected chi connectivity index (χ1v) is 7.86. The highest BCUT2D eigenvalue weighted by Crippen LogP contribution is 2.22. The van der Waals surface area contributed by atoms with E-state index in [1.807, 2.05) is 13.0 Å². The van der Waals surface area contributed by atoms with Crippen molar-refractivity contribution in [2.75, 3.05) is 6.54 Å². The molecule has 0 fully saturated rings. The Bertz CT molecular complexity index is 720. The molecule has 0 aliphatic carbocycles. The zero-order chi connectivity index (χ0) is 17.4. The van der Waals surface area contributed by atoms with Crippen molar-refractivity contribution in [2.45, 2.75) is 25.9 Å². The van der Waals surface area contributed by atoms with Crippen LogP contribution in [0.1, 0.15) is 35.7 Å². The molecule has 2 rings (SSSR count). The van der Waals surface area contributed by atoms with Crippen LogP contribution >= 0.6 is 0 Å². The lowest BCUT2D eigenvalue weighted by molar-refractivity contribution is 0.0941. The summed E-state index contributed by atoms with van der Waals surface area (Å²) in [5.41, 5.74) is 1.05. The molecule has 0 radical (unpaired) electrons. The predicted octanol–water partition coefficient (Wildman–Crippen LogP) is 3.24. The average Bonchev–Trinajstić information content (AvgIpc) is 2.62. The fourth-order valence-corrected chi connectivity index (χ4v) is 2.09. The first kappa shape index (κ1) is 17.5. The quantitative estimate of drug-likeness (QED) is 0.819. The van der Waals surface area contributed by atoms with Crippen LogP contribution < -0.4 is 10.1 Å². The van der Waals surface area contributed by atoms with Crippen LogP contribution in [0.4, 0.5) is 0 Å². The minimum Gasteiger partial charge on any atom is -0.457 e. The zero-order valence-electron chi connectivity index (χ0n) is 13.5. The number of nitrogens with zero attached hydrogens (tertiary/aromatic N) is 1. The maximum atomic E-state index is 12.1. The number of hydrogen-bond donors (Lipinski definition) is 2. The van der Waals surface area contributed by atoms with Crippen molar-refractivity contribution in [2.24, 2.45) is 0 Å². The normalized spacial score (nSPS) is 11.4. The standard InChI is InChI=1S/C19H20N2O3/c1-2-16(22)10-11-21-19(23)15-4-3-5-18(12-15)24-17-8-6-14(13-20)7-9-17/h3-9,12,16,22H,2,10-11H2,1H3,(H,21,23). The van der Waals surface area contributed by atoms with Crippen LogP contribution in [0.2, 0.25) is 0 Å². The van der Waals surface area contributed by atoms with Crippen LogP contribution in [0.5, 0.6) is 11.5 Å². The molecule has 0 aromatic heterocycles. The molecule has 5 nitrogen and oxygen atoms in total. The van der Waals surface area contributed by atoms with Gasteiger partial charge >= 0.3 is 0 Å². The number of nitriles is 1. The topological polar surface area (TPSA) is 82.3 Å². The molecule has 124 valence electrons. The number of nitrogens with one attached hydrogen (secondary N) is 1. The van der Waals surface area contributed by atoms with Crippen LogP contribution in [-0.4, -0.2) is 23.7 Å². The van der Waals surface area contributed by atoms with Gasteiger partial charge < -0.3 is 15.2 Å². The first-order valence-electron chi connectivity index (χ1n) is 7.86. The van der Waals surface area contributed by atoms with Gasteiger partial charge in [-0.05, 0) is 55.3 Å². The molecule has 24 heavy (non-hydrogen) atoms. The summed E-state index contributed by atoms with van der Waals surface area (Å²) in [5.74, 6) is 0.933. The van der Waals surface area contributed by atoms with Crippen LogP contribution in [0.15, 0.2) is 48.5 Å². The highest BCUT2D eigenvalue weighted by Gasteiger charge is 2.08. The summed E-state index contributed by atoms with van der Waals surface area (Å²) in [5, 5.41) is 21.1. The molecule has 2 N–H and O–H groups in total. The molecule has 0 saturated carbocycles. The zero-order valence-corrected chi connectivity index (χ0v) is 13.5. The number of aliphatic hydroxyl groups is 1.